The van der Waals surface area contributed by atoms with Crippen LogP contribution in [-0.2, 0) is 13.2 Å². The van der Waals surface area contributed by atoms with Gasteiger partial charge in [-0.1, -0.05) is 30.2 Å². The Morgan fingerprint density at radius 2 is 1.88 bits per heavy atom. The van der Waals surface area contributed by atoms with Gasteiger partial charge in [-0.2, -0.15) is 0 Å². The monoisotopic (exact) mass is 399 g/mol. The summed E-state index contributed by atoms with van der Waals surface area (Å²) >= 11 is 6.43. The van der Waals surface area contributed by atoms with Gasteiger partial charge in [-0.15, -0.1) is 0 Å². The first kappa shape index (κ1) is 20.8. The third kappa shape index (κ3) is 5.50. The van der Waals surface area contributed by atoms with Crippen LogP contribution in [0.4, 0.5) is 4.39 Å². The van der Waals surface area contributed by atoms with Crippen LogP contribution in [0.5, 0.6) is 11.5 Å². The van der Waals surface area contributed by atoms with E-state index in [1.165, 1.54) is 31.4 Å². The fraction of sp³-hybridized carbons (Fsp3) is 0.400. The number of benzene rings is 2. The van der Waals surface area contributed by atoms with Crippen LogP contribution < -0.4 is 27.2 Å². The molecule has 0 aliphatic heterocycles. The van der Waals surface area contributed by atoms with E-state index >= 15 is 0 Å². The zero-order chi connectivity index (χ0) is 17.6. The van der Waals surface area contributed by atoms with Gasteiger partial charge in [0.05, 0.1) is 11.6 Å². The highest BCUT2D eigenvalue weighted by Crippen LogP contribution is 2.37. The van der Waals surface area contributed by atoms with Crippen LogP contribution in [0.15, 0.2) is 36.4 Å². The predicted molar refractivity (Wildman–Crippen MR) is 98.9 cm³/mol. The van der Waals surface area contributed by atoms with E-state index in [9.17, 15) is 4.39 Å². The summed E-state index contributed by atoms with van der Waals surface area (Å²) in [5.41, 5.74) is 1.95. The molecule has 142 valence electrons. The van der Waals surface area contributed by atoms with E-state index in [0.29, 0.717) is 35.8 Å². The van der Waals surface area contributed by atoms with Gasteiger partial charge >= 0.3 is 1.43 Å². The molecular weight excluding hydrogens is 376 g/mol. The molecule has 1 saturated carbocycles. The molecule has 0 unspecified atom stereocenters. The van der Waals surface area contributed by atoms with E-state index in [-0.39, 0.29) is 19.7 Å². The summed E-state index contributed by atoms with van der Waals surface area (Å²) in [6.07, 6.45) is 3.79. The Balaban J connectivity index is 0.00000182. The van der Waals surface area contributed by atoms with Crippen LogP contribution in [0.2, 0.25) is 5.02 Å². The molecule has 0 radical (unpaired) electrons. The maximum atomic E-state index is 13.0. The maximum absolute atomic E-state index is 13.0. The van der Waals surface area contributed by atoms with Crippen LogP contribution in [-0.4, -0.2) is 12.6 Å². The van der Waals surface area contributed by atoms with Gasteiger partial charge in [0, 0.05) is 12.6 Å². The minimum Gasteiger partial charge on any atom is -1.00 e. The highest BCUT2D eigenvalue weighted by molar-refractivity contribution is 6.32. The van der Waals surface area contributed by atoms with Crippen molar-refractivity contribution >= 4 is 11.6 Å². The Morgan fingerprint density at radius 1 is 1.15 bits per heavy atom. The van der Waals surface area contributed by atoms with Crippen molar-refractivity contribution in [1.82, 2.24) is 5.32 Å². The molecular formula is C20H24Cl2FNO2. The minimum absolute atomic E-state index is 0. The molecule has 0 bridgehead atoms. The molecule has 2 aromatic carbocycles. The van der Waals surface area contributed by atoms with Crippen molar-refractivity contribution in [1.29, 1.82) is 0 Å². The topological polar surface area (TPSA) is 30.5 Å². The van der Waals surface area contributed by atoms with Gasteiger partial charge in [0.2, 0.25) is 0 Å². The van der Waals surface area contributed by atoms with E-state index in [2.05, 4.69) is 5.32 Å². The van der Waals surface area contributed by atoms with Crippen LogP contribution in [0.1, 0.15) is 38.7 Å². The van der Waals surface area contributed by atoms with Crippen molar-refractivity contribution < 1.29 is 27.7 Å². The Labute approximate surface area is 166 Å². The Bertz CT molecular complexity index is 712. The van der Waals surface area contributed by atoms with Crippen molar-refractivity contribution in [3.05, 3.63) is 58.4 Å². The standard InChI is InChI=1S/C20H23ClFNO2.ClH/c1-2-24-19-11-15(12-23-17-4-3-5-17)10-18(21)20(19)25-13-14-6-8-16(22)9-7-14;/h6-11,17,23H,2-5,12-13H2,1H3;1H. The van der Waals surface area contributed by atoms with Gasteiger partial charge in [0.25, 0.3) is 0 Å². The second-order valence-corrected chi connectivity index (χ2v) is 6.67. The molecule has 26 heavy (non-hydrogen) atoms. The fourth-order valence-corrected chi connectivity index (χ4v) is 3.02. The first-order valence-electron chi connectivity index (χ1n) is 8.71. The Kier molecular flexibility index (Phi) is 8.01. The largest absolute Gasteiger partial charge is 1.00 e. The van der Waals surface area contributed by atoms with Crippen molar-refractivity contribution in [3.63, 3.8) is 0 Å². The van der Waals surface area contributed by atoms with E-state index in [4.69, 9.17) is 21.1 Å². The molecule has 1 aliphatic carbocycles. The first-order chi connectivity index (χ1) is 12.2. The molecule has 0 heterocycles. The lowest BCUT2D eigenvalue weighted by Crippen LogP contribution is -3.00. The summed E-state index contributed by atoms with van der Waals surface area (Å²) in [4.78, 5) is 0. The molecule has 3 nitrogen and oxygen atoms in total. The van der Waals surface area contributed by atoms with Crippen molar-refractivity contribution in [3.8, 4) is 11.5 Å². The molecule has 0 spiro atoms. The highest BCUT2D eigenvalue weighted by atomic mass is 35.5. The SMILES string of the molecule is CCOc1cc(CNC2CCC2)cc(Cl)c1OCc1ccc(F)cc1.[Cl-].[H+]. The summed E-state index contributed by atoms with van der Waals surface area (Å²) in [6.45, 7) is 3.53. The normalized spacial score (nSPS) is 13.7. The van der Waals surface area contributed by atoms with Crippen LogP contribution >= 0.6 is 11.6 Å². The Hall–Kier alpha value is -1.49. The lowest BCUT2D eigenvalue weighted by atomic mass is 9.93. The van der Waals surface area contributed by atoms with E-state index in [1.807, 2.05) is 19.1 Å². The predicted octanol–water partition coefficient (Wildman–Crippen LogP) is 2.22. The molecule has 2 aromatic rings. The van der Waals surface area contributed by atoms with Gasteiger partial charge in [0.1, 0.15) is 12.4 Å². The molecule has 0 amide bonds. The third-order valence-corrected chi connectivity index (χ3v) is 4.65. The molecule has 3 rings (SSSR count). The van der Waals surface area contributed by atoms with Gasteiger partial charge in [-0.05, 0) is 55.2 Å². The summed E-state index contributed by atoms with van der Waals surface area (Å²) in [5, 5.41) is 4.05. The van der Waals surface area contributed by atoms with E-state index in [0.717, 1.165) is 17.7 Å². The molecule has 1 N–H and O–H groups in total. The summed E-state index contributed by atoms with van der Waals surface area (Å²) < 4.78 is 24.6. The number of ether oxygens (including phenoxy) is 2. The molecule has 1 fully saturated rings. The van der Waals surface area contributed by atoms with Crippen LogP contribution in [0, 0.1) is 5.82 Å². The highest BCUT2D eigenvalue weighted by Gasteiger charge is 2.18. The fourth-order valence-electron chi connectivity index (χ4n) is 2.74. The van der Waals surface area contributed by atoms with Gasteiger partial charge in [-0.25, -0.2) is 4.39 Å². The molecule has 0 saturated heterocycles. The van der Waals surface area contributed by atoms with Gasteiger partial charge < -0.3 is 27.2 Å². The number of hydrogen-bond donors (Lipinski definition) is 1. The number of nitrogens with one attached hydrogen (secondary N) is 1. The van der Waals surface area contributed by atoms with Crippen LogP contribution in [0.3, 0.4) is 0 Å². The lowest BCUT2D eigenvalue weighted by Gasteiger charge is -2.26. The smallest absolute Gasteiger partial charge is 1.00 e. The van der Waals surface area contributed by atoms with Crippen molar-refractivity contribution in [2.45, 2.75) is 45.4 Å². The van der Waals surface area contributed by atoms with Crippen molar-refractivity contribution in [2.75, 3.05) is 6.61 Å². The summed E-state index contributed by atoms with van der Waals surface area (Å²) in [6, 6.07) is 10.7. The van der Waals surface area contributed by atoms with Crippen molar-refractivity contribution in [2.24, 2.45) is 0 Å². The molecule has 0 atom stereocenters. The molecule has 1 aliphatic rings. The number of hydrogen-bond acceptors (Lipinski definition) is 3. The third-order valence-electron chi connectivity index (χ3n) is 4.37. The zero-order valence-electron chi connectivity index (χ0n) is 15.7. The minimum atomic E-state index is -0.264. The van der Waals surface area contributed by atoms with E-state index < -0.39 is 0 Å². The van der Waals surface area contributed by atoms with E-state index in [1.54, 1.807) is 12.1 Å². The second kappa shape index (κ2) is 10.0. The maximum Gasteiger partial charge on any atom is 1.00 e. The number of rotatable bonds is 8. The first-order valence-corrected chi connectivity index (χ1v) is 9.09. The van der Waals surface area contributed by atoms with Crippen LogP contribution in [0.25, 0.3) is 0 Å². The Morgan fingerprint density at radius 3 is 2.50 bits per heavy atom. The molecule has 0 aromatic heterocycles. The lowest BCUT2D eigenvalue weighted by molar-refractivity contribution is -0.00000648. The number of halogens is 3. The average Bonchev–Trinajstić information content (AvgIpc) is 2.54. The molecule has 6 heteroatoms. The summed E-state index contributed by atoms with van der Waals surface area (Å²) in [7, 11) is 0. The van der Waals surface area contributed by atoms with Gasteiger partial charge in [-0.3, -0.25) is 0 Å². The van der Waals surface area contributed by atoms with Gasteiger partial charge in [0.15, 0.2) is 11.5 Å². The summed E-state index contributed by atoms with van der Waals surface area (Å²) in [5.74, 6) is 0.905. The second-order valence-electron chi connectivity index (χ2n) is 6.26. The average molecular weight is 400 g/mol. The quantitative estimate of drug-likeness (QED) is 0.737. The zero-order valence-corrected chi connectivity index (χ0v) is 16.2.